The third-order valence-corrected chi connectivity index (χ3v) is 3.77. The summed E-state index contributed by atoms with van der Waals surface area (Å²) in [5.41, 5.74) is 0. The molecule has 17 heavy (non-hydrogen) atoms. The van der Waals surface area contributed by atoms with Gasteiger partial charge < -0.3 is 14.7 Å². The van der Waals surface area contributed by atoms with E-state index < -0.39 is 0 Å². The smallest absolute Gasteiger partial charge is 0.232 e. The Kier molecular flexibility index (Phi) is 5.28. The van der Waals surface area contributed by atoms with Crippen molar-refractivity contribution in [1.29, 1.82) is 0 Å². The van der Waals surface area contributed by atoms with Crippen LogP contribution in [0.2, 0.25) is 0 Å². The summed E-state index contributed by atoms with van der Waals surface area (Å²) < 4.78 is 5.61. The Morgan fingerprint density at radius 1 is 1.47 bits per heavy atom. The molecule has 1 aliphatic rings. The van der Waals surface area contributed by atoms with Gasteiger partial charge in [0.25, 0.3) is 0 Å². The van der Waals surface area contributed by atoms with Gasteiger partial charge >= 0.3 is 0 Å². The lowest BCUT2D eigenvalue weighted by Gasteiger charge is -2.36. The van der Waals surface area contributed by atoms with E-state index in [4.69, 9.17) is 9.84 Å². The predicted octanol–water partition coefficient (Wildman–Crippen LogP) is 1.13. The molecule has 1 amide bonds. The van der Waals surface area contributed by atoms with Gasteiger partial charge in [0.2, 0.25) is 5.91 Å². The van der Waals surface area contributed by atoms with Crippen molar-refractivity contribution in [2.75, 3.05) is 25.4 Å². The van der Waals surface area contributed by atoms with Crippen LogP contribution in [0.4, 0.5) is 0 Å². The van der Waals surface area contributed by atoms with E-state index in [1.54, 1.807) is 16.7 Å². The average Bonchev–Trinajstić information content (AvgIpc) is 2.23. The van der Waals surface area contributed by atoms with Gasteiger partial charge in [-0.1, -0.05) is 20.8 Å². The Bertz CT molecular complexity index is 265. The molecular weight excluding hydrogens is 238 g/mol. The Hall–Kier alpha value is -0.260. The fraction of sp³-hybridized carbons (Fsp3) is 0.917. The van der Waals surface area contributed by atoms with Gasteiger partial charge in [-0.05, 0) is 6.92 Å². The van der Waals surface area contributed by atoms with E-state index in [1.807, 2.05) is 6.92 Å². The molecule has 0 bridgehead atoms. The maximum Gasteiger partial charge on any atom is 0.232 e. The van der Waals surface area contributed by atoms with Crippen LogP contribution in [0.15, 0.2) is 0 Å². The number of nitrogens with zero attached hydrogens (tertiary/aromatic N) is 1. The van der Waals surface area contributed by atoms with Crippen molar-refractivity contribution in [3.63, 3.8) is 0 Å². The van der Waals surface area contributed by atoms with Crippen LogP contribution in [0.25, 0.3) is 0 Å². The molecule has 1 aliphatic heterocycles. The third kappa shape index (κ3) is 5.27. The SMILES string of the molecule is CC1CN(C(=O)CSC(C)(C)C)CC(CO)O1. The van der Waals surface area contributed by atoms with E-state index in [9.17, 15) is 4.79 Å². The number of aliphatic hydroxyl groups is 1. The van der Waals surface area contributed by atoms with E-state index in [0.29, 0.717) is 18.8 Å². The van der Waals surface area contributed by atoms with Crippen molar-refractivity contribution in [3.8, 4) is 0 Å². The van der Waals surface area contributed by atoms with E-state index in [-0.39, 0.29) is 29.5 Å². The topological polar surface area (TPSA) is 49.8 Å². The highest BCUT2D eigenvalue weighted by Crippen LogP contribution is 2.23. The van der Waals surface area contributed by atoms with Gasteiger partial charge in [0.1, 0.15) is 0 Å². The first kappa shape index (κ1) is 14.8. The lowest BCUT2D eigenvalue weighted by molar-refractivity contribution is -0.144. The molecule has 1 saturated heterocycles. The molecule has 0 aromatic carbocycles. The van der Waals surface area contributed by atoms with E-state index in [1.165, 1.54) is 0 Å². The molecule has 0 aliphatic carbocycles. The van der Waals surface area contributed by atoms with Crippen LogP contribution in [0.3, 0.4) is 0 Å². The molecule has 0 saturated carbocycles. The van der Waals surface area contributed by atoms with Crippen LogP contribution in [0, 0.1) is 0 Å². The monoisotopic (exact) mass is 261 g/mol. The standard InChI is InChI=1S/C12H23NO3S/c1-9-5-13(6-10(7-14)16-9)11(15)8-17-12(2,3)4/h9-10,14H,5-8H2,1-4H3. The summed E-state index contributed by atoms with van der Waals surface area (Å²) in [6.45, 7) is 9.33. The summed E-state index contributed by atoms with van der Waals surface area (Å²) in [6.07, 6.45) is -0.230. The molecular formula is C12H23NO3S. The minimum absolute atomic E-state index is 0.00415. The number of rotatable bonds is 3. The van der Waals surface area contributed by atoms with Gasteiger partial charge in [0.15, 0.2) is 0 Å². The first-order valence-corrected chi connectivity index (χ1v) is 6.98. The van der Waals surface area contributed by atoms with Crippen molar-refractivity contribution in [2.24, 2.45) is 0 Å². The molecule has 1 rings (SSSR count). The van der Waals surface area contributed by atoms with E-state index in [0.717, 1.165) is 0 Å². The maximum atomic E-state index is 12.0. The number of carbonyl (C=O) groups excluding carboxylic acids is 1. The highest BCUT2D eigenvalue weighted by Gasteiger charge is 2.28. The first-order valence-electron chi connectivity index (χ1n) is 6.00. The zero-order chi connectivity index (χ0) is 13.1. The molecule has 0 aromatic rings. The minimum Gasteiger partial charge on any atom is -0.394 e. The molecule has 1 fully saturated rings. The van der Waals surface area contributed by atoms with Crippen molar-refractivity contribution in [3.05, 3.63) is 0 Å². The number of hydrogen-bond donors (Lipinski definition) is 1. The largest absolute Gasteiger partial charge is 0.394 e. The molecule has 2 unspecified atom stereocenters. The number of aliphatic hydroxyl groups excluding tert-OH is 1. The van der Waals surface area contributed by atoms with Crippen LogP contribution in [0.5, 0.6) is 0 Å². The maximum absolute atomic E-state index is 12.0. The fourth-order valence-corrected chi connectivity index (χ4v) is 2.46. The quantitative estimate of drug-likeness (QED) is 0.827. The molecule has 1 N–H and O–H groups in total. The van der Waals surface area contributed by atoms with Gasteiger partial charge in [-0.25, -0.2) is 0 Å². The molecule has 0 aromatic heterocycles. The number of morpholine rings is 1. The summed E-state index contributed by atoms with van der Waals surface area (Å²) in [7, 11) is 0. The molecule has 1 heterocycles. The summed E-state index contributed by atoms with van der Waals surface area (Å²) in [5, 5.41) is 9.10. The number of amides is 1. The second-order valence-electron chi connectivity index (χ2n) is 5.45. The Morgan fingerprint density at radius 3 is 2.65 bits per heavy atom. The second kappa shape index (κ2) is 6.07. The third-order valence-electron chi connectivity index (χ3n) is 2.51. The van der Waals surface area contributed by atoms with E-state index >= 15 is 0 Å². The van der Waals surface area contributed by atoms with Crippen LogP contribution >= 0.6 is 11.8 Å². The normalized spacial score (nSPS) is 26.1. The summed E-state index contributed by atoms with van der Waals surface area (Å²) in [5.74, 6) is 0.632. The molecule has 0 radical (unpaired) electrons. The molecule has 0 spiro atoms. The van der Waals surface area contributed by atoms with Gasteiger partial charge in [-0.2, -0.15) is 0 Å². The molecule has 4 nitrogen and oxygen atoms in total. The Labute approximate surface area is 108 Å². The van der Waals surface area contributed by atoms with Crippen molar-refractivity contribution in [1.82, 2.24) is 4.90 Å². The van der Waals surface area contributed by atoms with Crippen molar-refractivity contribution < 1.29 is 14.6 Å². The zero-order valence-electron chi connectivity index (χ0n) is 11.1. The fourth-order valence-electron chi connectivity index (χ4n) is 1.72. The Morgan fingerprint density at radius 2 is 2.12 bits per heavy atom. The number of thioether (sulfide) groups is 1. The van der Waals surface area contributed by atoms with Gasteiger partial charge in [-0.3, -0.25) is 4.79 Å². The minimum atomic E-state index is -0.234. The predicted molar refractivity (Wildman–Crippen MR) is 70.2 cm³/mol. The van der Waals surface area contributed by atoms with E-state index in [2.05, 4.69) is 20.8 Å². The summed E-state index contributed by atoms with van der Waals surface area (Å²) in [4.78, 5) is 13.8. The lowest BCUT2D eigenvalue weighted by Crippen LogP contribution is -2.51. The summed E-state index contributed by atoms with van der Waals surface area (Å²) >= 11 is 1.65. The highest BCUT2D eigenvalue weighted by molar-refractivity contribution is 8.01. The van der Waals surface area contributed by atoms with Crippen molar-refractivity contribution in [2.45, 2.75) is 44.6 Å². The zero-order valence-corrected chi connectivity index (χ0v) is 11.9. The second-order valence-corrected chi connectivity index (χ2v) is 7.25. The number of carbonyl (C=O) groups is 1. The van der Waals surface area contributed by atoms with Gasteiger partial charge in [-0.15, -0.1) is 11.8 Å². The van der Waals surface area contributed by atoms with Crippen LogP contribution in [-0.4, -0.2) is 58.3 Å². The number of ether oxygens (including phenoxy) is 1. The lowest BCUT2D eigenvalue weighted by atomic mass is 10.2. The Balaban J connectivity index is 2.45. The molecule has 2 atom stereocenters. The highest BCUT2D eigenvalue weighted by atomic mass is 32.2. The first-order chi connectivity index (χ1) is 7.81. The van der Waals surface area contributed by atoms with Crippen LogP contribution in [0.1, 0.15) is 27.7 Å². The van der Waals surface area contributed by atoms with Crippen LogP contribution in [-0.2, 0) is 9.53 Å². The van der Waals surface area contributed by atoms with Gasteiger partial charge in [0.05, 0.1) is 24.6 Å². The van der Waals surface area contributed by atoms with Crippen molar-refractivity contribution >= 4 is 17.7 Å². The molecule has 100 valence electrons. The average molecular weight is 261 g/mol. The number of hydrogen-bond acceptors (Lipinski definition) is 4. The van der Waals surface area contributed by atoms with Gasteiger partial charge in [0, 0.05) is 17.8 Å². The molecule has 5 heteroatoms. The van der Waals surface area contributed by atoms with Crippen LogP contribution < -0.4 is 0 Å². The summed E-state index contributed by atoms with van der Waals surface area (Å²) in [6, 6.07) is 0.